The molecule has 142 valence electrons. The molecule has 1 aromatic carbocycles. The lowest BCUT2D eigenvalue weighted by atomic mass is 9.96. The number of aromatic nitrogens is 2. The van der Waals surface area contributed by atoms with Crippen LogP contribution in [0, 0.1) is 17.7 Å². The van der Waals surface area contributed by atoms with Gasteiger partial charge < -0.3 is 4.74 Å². The average molecular weight is 379 g/mol. The molecule has 0 radical (unpaired) electrons. The van der Waals surface area contributed by atoms with E-state index in [2.05, 4.69) is 27.7 Å². The molecule has 2 aromatic rings. The molecule has 0 atom stereocenters. The van der Waals surface area contributed by atoms with Crippen molar-refractivity contribution in [2.45, 2.75) is 60.5 Å². The normalized spacial score (nSPS) is 11.7. The van der Waals surface area contributed by atoms with Crippen molar-refractivity contribution in [2.75, 3.05) is 0 Å². The van der Waals surface area contributed by atoms with Gasteiger partial charge in [0, 0.05) is 5.56 Å². The van der Waals surface area contributed by atoms with Gasteiger partial charge in [-0.3, -0.25) is 0 Å². The molecule has 26 heavy (non-hydrogen) atoms. The number of benzene rings is 1. The van der Waals surface area contributed by atoms with Gasteiger partial charge in [0.1, 0.15) is 17.6 Å². The van der Waals surface area contributed by atoms with E-state index < -0.39 is 0 Å². The van der Waals surface area contributed by atoms with Gasteiger partial charge in [0.05, 0.1) is 16.4 Å². The van der Waals surface area contributed by atoms with Gasteiger partial charge in [-0.15, -0.1) is 0 Å². The van der Waals surface area contributed by atoms with Crippen molar-refractivity contribution in [3.63, 3.8) is 0 Å². The molecule has 0 N–H and O–H groups in total. The Hall–Kier alpha value is -1.68. The molecule has 5 heteroatoms. The minimum Gasteiger partial charge on any atom is -0.473 e. The molecule has 0 saturated carbocycles. The fourth-order valence-corrected chi connectivity index (χ4v) is 3.38. The van der Waals surface area contributed by atoms with E-state index in [1.54, 1.807) is 6.07 Å². The van der Waals surface area contributed by atoms with Crippen molar-refractivity contribution in [3.05, 3.63) is 40.4 Å². The lowest BCUT2D eigenvalue weighted by Gasteiger charge is -2.26. The zero-order chi connectivity index (χ0) is 19.4. The van der Waals surface area contributed by atoms with Crippen molar-refractivity contribution < 1.29 is 9.13 Å². The number of rotatable bonds is 7. The molecule has 0 aliphatic heterocycles. The highest BCUT2D eigenvalue weighted by Gasteiger charge is 2.23. The van der Waals surface area contributed by atoms with Crippen molar-refractivity contribution in [1.29, 1.82) is 0 Å². The van der Waals surface area contributed by atoms with Crippen LogP contribution in [0.3, 0.4) is 0 Å². The van der Waals surface area contributed by atoms with Crippen LogP contribution >= 0.6 is 11.6 Å². The highest BCUT2D eigenvalue weighted by atomic mass is 35.5. The van der Waals surface area contributed by atoms with E-state index in [1.807, 2.05) is 13.8 Å². The van der Waals surface area contributed by atoms with Crippen LogP contribution in [0.15, 0.2) is 18.2 Å². The second-order valence-electron chi connectivity index (χ2n) is 7.17. The highest BCUT2D eigenvalue weighted by Crippen LogP contribution is 2.32. The third-order valence-corrected chi connectivity index (χ3v) is 4.73. The van der Waals surface area contributed by atoms with Crippen molar-refractivity contribution in [1.82, 2.24) is 9.97 Å². The van der Waals surface area contributed by atoms with E-state index >= 15 is 0 Å². The summed E-state index contributed by atoms with van der Waals surface area (Å²) in [5, 5.41) is 0.340. The van der Waals surface area contributed by atoms with Crippen molar-refractivity contribution in [3.8, 4) is 17.1 Å². The molecule has 2 rings (SSSR count). The lowest BCUT2D eigenvalue weighted by Crippen LogP contribution is -2.30. The Labute approximate surface area is 161 Å². The van der Waals surface area contributed by atoms with Gasteiger partial charge in [-0.05, 0) is 42.9 Å². The van der Waals surface area contributed by atoms with E-state index in [4.69, 9.17) is 26.3 Å². The Kier molecular flexibility index (Phi) is 6.99. The number of ether oxygens (including phenoxy) is 1. The Morgan fingerprint density at radius 3 is 2.12 bits per heavy atom. The number of hydrogen-bond acceptors (Lipinski definition) is 3. The van der Waals surface area contributed by atoms with Gasteiger partial charge in [-0.25, -0.2) is 14.4 Å². The van der Waals surface area contributed by atoms with E-state index in [9.17, 15) is 4.39 Å². The summed E-state index contributed by atoms with van der Waals surface area (Å²) < 4.78 is 19.7. The first-order valence-corrected chi connectivity index (χ1v) is 9.68. The first-order valence-electron chi connectivity index (χ1n) is 9.30. The predicted octanol–water partition coefficient (Wildman–Crippen LogP) is 6.12. The molecule has 3 nitrogen and oxygen atoms in total. The third kappa shape index (κ3) is 4.53. The monoisotopic (exact) mass is 378 g/mol. The van der Waals surface area contributed by atoms with Gasteiger partial charge in [0.15, 0.2) is 0 Å². The molecule has 1 aromatic heterocycles. The van der Waals surface area contributed by atoms with E-state index in [1.165, 1.54) is 12.1 Å². The molecule has 0 fully saturated rings. The second-order valence-corrected chi connectivity index (χ2v) is 7.58. The van der Waals surface area contributed by atoms with Crippen LogP contribution < -0.4 is 4.74 Å². The van der Waals surface area contributed by atoms with Crippen LogP contribution in [0.5, 0.6) is 5.88 Å². The van der Waals surface area contributed by atoms with Gasteiger partial charge in [-0.1, -0.05) is 53.1 Å². The Balaban J connectivity index is 2.54. The molecule has 0 spiro atoms. The SMILES string of the molecule is CCc1nc(-c2ccc(F)cc2Cl)c(CC)nc1OC(C(C)C)C(C)C. The van der Waals surface area contributed by atoms with Crippen LogP contribution in [-0.4, -0.2) is 16.1 Å². The lowest BCUT2D eigenvalue weighted by molar-refractivity contribution is 0.0976. The van der Waals surface area contributed by atoms with Crippen LogP contribution in [0.2, 0.25) is 5.02 Å². The fourth-order valence-electron chi connectivity index (χ4n) is 3.13. The maximum Gasteiger partial charge on any atom is 0.236 e. The van der Waals surface area contributed by atoms with Crippen molar-refractivity contribution >= 4 is 11.6 Å². The molecule has 0 aliphatic rings. The number of hydrogen-bond donors (Lipinski definition) is 0. The minimum atomic E-state index is -0.364. The zero-order valence-electron chi connectivity index (χ0n) is 16.4. The van der Waals surface area contributed by atoms with Crippen LogP contribution in [0.25, 0.3) is 11.3 Å². The number of nitrogens with zero attached hydrogens (tertiary/aromatic N) is 2. The summed E-state index contributed by atoms with van der Waals surface area (Å²) in [5.74, 6) is 0.978. The summed E-state index contributed by atoms with van der Waals surface area (Å²) in [6.07, 6.45) is 1.45. The third-order valence-electron chi connectivity index (χ3n) is 4.42. The summed E-state index contributed by atoms with van der Waals surface area (Å²) in [6, 6.07) is 4.36. The molecule has 0 bridgehead atoms. The molecule has 0 unspecified atom stereocenters. The van der Waals surface area contributed by atoms with Crippen LogP contribution in [-0.2, 0) is 12.8 Å². The topological polar surface area (TPSA) is 35.0 Å². The molecular weight excluding hydrogens is 351 g/mol. The molecule has 0 aliphatic carbocycles. The second kappa shape index (κ2) is 8.81. The standard InChI is InChI=1S/C21H28ClFN2O/c1-7-17-19(15-10-9-14(23)11-16(15)22)24-18(8-2)21(25-17)26-20(12(3)4)13(5)6/h9-13,20H,7-8H2,1-6H3. The number of halogens is 2. The summed E-state index contributed by atoms with van der Waals surface area (Å²) in [5.41, 5.74) is 3.00. The Morgan fingerprint density at radius 1 is 1.00 bits per heavy atom. The summed E-state index contributed by atoms with van der Waals surface area (Å²) in [7, 11) is 0. The van der Waals surface area contributed by atoms with Crippen LogP contribution in [0.4, 0.5) is 4.39 Å². The summed E-state index contributed by atoms with van der Waals surface area (Å²) >= 11 is 6.26. The Morgan fingerprint density at radius 2 is 1.62 bits per heavy atom. The number of aryl methyl sites for hydroxylation is 2. The fraction of sp³-hybridized carbons (Fsp3) is 0.524. The smallest absolute Gasteiger partial charge is 0.236 e. The van der Waals surface area contributed by atoms with E-state index in [0.717, 1.165) is 11.4 Å². The van der Waals surface area contributed by atoms with E-state index in [0.29, 0.717) is 46.8 Å². The van der Waals surface area contributed by atoms with Gasteiger partial charge in [0.25, 0.3) is 0 Å². The highest BCUT2D eigenvalue weighted by molar-refractivity contribution is 6.33. The molecule has 0 amide bonds. The molecular formula is C21H28ClFN2O. The minimum absolute atomic E-state index is 0.0690. The largest absolute Gasteiger partial charge is 0.473 e. The quantitative estimate of drug-likeness (QED) is 0.582. The predicted molar refractivity (Wildman–Crippen MR) is 105 cm³/mol. The summed E-state index contributed by atoms with van der Waals surface area (Å²) in [4.78, 5) is 9.57. The van der Waals surface area contributed by atoms with Crippen LogP contribution in [0.1, 0.15) is 52.9 Å². The first-order chi connectivity index (χ1) is 12.3. The maximum atomic E-state index is 13.4. The molecule has 1 heterocycles. The Bertz CT molecular complexity index is 754. The zero-order valence-corrected chi connectivity index (χ0v) is 17.2. The van der Waals surface area contributed by atoms with Gasteiger partial charge in [0.2, 0.25) is 5.88 Å². The molecule has 0 saturated heterocycles. The van der Waals surface area contributed by atoms with Crippen molar-refractivity contribution in [2.24, 2.45) is 11.8 Å². The van der Waals surface area contributed by atoms with Gasteiger partial charge in [-0.2, -0.15) is 0 Å². The summed E-state index contributed by atoms with van der Waals surface area (Å²) in [6.45, 7) is 12.6. The first kappa shape index (κ1) is 20.6. The average Bonchev–Trinajstić information content (AvgIpc) is 2.58. The van der Waals surface area contributed by atoms with E-state index in [-0.39, 0.29) is 11.9 Å². The maximum absolute atomic E-state index is 13.4. The van der Waals surface area contributed by atoms with Gasteiger partial charge >= 0.3 is 0 Å².